The lowest BCUT2D eigenvalue weighted by molar-refractivity contribution is -0.151. The molecular weight excluding hydrogens is 424 g/mol. The number of carbonyl (C=O) groups is 3. The Hall–Kier alpha value is -2.67. The summed E-state index contributed by atoms with van der Waals surface area (Å²) in [5.41, 5.74) is 3.36. The molecule has 1 aliphatic rings. The van der Waals surface area contributed by atoms with Crippen LogP contribution in [0.25, 0.3) is 0 Å². The minimum atomic E-state index is -0.574. The summed E-state index contributed by atoms with van der Waals surface area (Å²) in [5, 5.41) is 2.72. The number of aryl methyl sites for hydroxylation is 2. The Bertz CT molecular complexity index is 928. The molecule has 1 saturated heterocycles. The van der Waals surface area contributed by atoms with E-state index >= 15 is 0 Å². The first-order chi connectivity index (χ1) is 13.3. The van der Waals surface area contributed by atoms with Crippen LogP contribution in [0.4, 0.5) is 11.4 Å². The summed E-state index contributed by atoms with van der Waals surface area (Å²) in [6, 6.07) is 13.0. The number of carbonyl (C=O) groups excluding carboxylic acids is 3. The molecule has 1 aliphatic heterocycles. The second-order valence-corrected chi connectivity index (χ2v) is 7.78. The quantitative estimate of drug-likeness (QED) is 0.714. The van der Waals surface area contributed by atoms with E-state index in [0.29, 0.717) is 5.69 Å². The normalized spacial score (nSPS) is 16.2. The van der Waals surface area contributed by atoms with Crippen molar-refractivity contribution in [2.75, 3.05) is 23.4 Å². The lowest BCUT2D eigenvalue weighted by Crippen LogP contribution is -2.28. The topological polar surface area (TPSA) is 75.7 Å². The Morgan fingerprint density at radius 2 is 2.00 bits per heavy atom. The first-order valence-electron chi connectivity index (χ1n) is 8.93. The maximum Gasteiger partial charge on any atom is 0.311 e. The molecule has 2 aromatic rings. The van der Waals surface area contributed by atoms with Gasteiger partial charge in [0.25, 0.3) is 5.91 Å². The number of hydrogen-bond donors (Lipinski definition) is 1. The summed E-state index contributed by atoms with van der Waals surface area (Å²) in [7, 11) is 0. The highest BCUT2D eigenvalue weighted by Gasteiger charge is 2.36. The zero-order valence-corrected chi connectivity index (χ0v) is 17.3. The van der Waals surface area contributed by atoms with Crippen molar-refractivity contribution in [3.05, 3.63) is 58.1 Å². The van der Waals surface area contributed by atoms with Gasteiger partial charge in [0.2, 0.25) is 5.91 Å². The molecular formula is C21H21BrN2O4. The molecule has 6 nitrogen and oxygen atoms in total. The average molecular weight is 445 g/mol. The van der Waals surface area contributed by atoms with Crippen molar-refractivity contribution in [2.45, 2.75) is 20.3 Å². The minimum absolute atomic E-state index is 0.0835. The molecule has 28 heavy (non-hydrogen) atoms. The molecule has 0 aliphatic carbocycles. The number of rotatable bonds is 5. The van der Waals surface area contributed by atoms with Crippen molar-refractivity contribution in [3.8, 4) is 0 Å². The van der Waals surface area contributed by atoms with Crippen LogP contribution in [0.15, 0.2) is 46.9 Å². The van der Waals surface area contributed by atoms with E-state index in [1.54, 1.807) is 11.0 Å². The third kappa shape index (κ3) is 4.78. The van der Waals surface area contributed by atoms with Crippen LogP contribution in [0.1, 0.15) is 17.5 Å². The smallest absolute Gasteiger partial charge is 0.311 e. The summed E-state index contributed by atoms with van der Waals surface area (Å²) < 4.78 is 6.06. The maximum atomic E-state index is 12.3. The van der Waals surface area contributed by atoms with Gasteiger partial charge in [0, 0.05) is 28.8 Å². The Morgan fingerprint density at radius 3 is 2.71 bits per heavy atom. The zero-order valence-electron chi connectivity index (χ0n) is 15.7. The van der Waals surface area contributed by atoms with Gasteiger partial charge in [-0.05, 0) is 55.3 Å². The van der Waals surface area contributed by atoms with E-state index in [9.17, 15) is 14.4 Å². The van der Waals surface area contributed by atoms with Crippen LogP contribution in [-0.2, 0) is 19.1 Å². The van der Waals surface area contributed by atoms with Gasteiger partial charge in [-0.3, -0.25) is 14.4 Å². The molecule has 1 heterocycles. The molecule has 0 radical (unpaired) electrons. The molecule has 1 N–H and O–H groups in total. The molecule has 7 heteroatoms. The third-order valence-electron chi connectivity index (χ3n) is 4.58. The number of nitrogens with one attached hydrogen (secondary N) is 1. The van der Waals surface area contributed by atoms with Crippen molar-refractivity contribution < 1.29 is 19.1 Å². The summed E-state index contributed by atoms with van der Waals surface area (Å²) >= 11 is 3.37. The van der Waals surface area contributed by atoms with Gasteiger partial charge in [0.15, 0.2) is 6.61 Å². The van der Waals surface area contributed by atoms with Gasteiger partial charge in [-0.2, -0.15) is 0 Å². The highest BCUT2D eigenvalue weighted by Crippen LogP contribution is 2.26. The number of halogens is 1. The van der Waals surface area contributed by atoms with Gasteiger partial charge in [0.05, 0.1) is 5.92 Å². The predicted molar refractivity (Wildman–Crippen MR) is 110 cm³/mol. The van der Waals surface area contributed by atoms with E-state index in [-0.39, 0.29) is 25.5 Å². The molecule has 0 unspecified atom stereocenters. The SMILES string of the molecule is Cc1cccc(N2C[C@@H](C(=O)OCC(=O)Nc3ccc(Br)cc3C)CC2=O)c1. The fraction of sp³-hybridized carbons (Fsp3) is 0.286. The molecule has 2 amide bonds. The summed E-state index contributed by atoms with van der Waals surface area (Å²) in [6.07, 6.45) is 0.0835. The Balaban J connectivity index is 1.53. The van der Waals surface area contributed by atoms with E-state index in [4.69, 9.17) is 4.74 Å². The Kier molecular flexibility index (Phi) is 6.14. The Labute approximate surface area is 172 Å². The molecule has 0 bridgehead atoms. The van der Waals surface area contributed by atoms with Gasteiger partial charge >= 0.3 is 5.97 Å². The number of benzene rings is 2. The first-order valence-corrected chi connectivity index (χ1v) is 9.72. The van der Waals surface area contributed by atoms with E-state index in [1.165, 1.54) is 0 Å². The zero-order chi connectivity index (χ0) is 20.3. The monoisotopic (exact) mass is 444 g/mol. The molecule has 1 atom stereocenters. The van der Waals surface area contributed by atoms with Crippen LogP contribution in [-0.4, -0.2) is 30.9 Å². The van der Waals surface area contributed by atoms with E-state index in [1.807, 2.05) is 50.2 Å². The van der Waals surface area contributed by atoms with Crippen molar-refractivity contribution >= 4 is 45.1 Å². The number of hydrogen-bond acceptors (Lipinski definition) is 4. The first kappa shape index (κ1) is 20.1. The minimum Gasteiger partial charge on any atom is -0.455 e. The van der Waals surface area contributed by atoms with Gasteiger partial charge in [0.1, 0.15) is 0 Å². The van der Waals surface area contributed by atoms with Gasteiger partial charge in [-0.1, -0.05) is 28.1 Å². The summed E-state index contributed by atoms with van der Waals surface area (Å²) in [4.78, 5) is 38.3. The maximum absolute atomic E-state index is 12.3. The number of esters is 1. The highest BCUT2D eigenvalue weighted by molar-refractivity contribution is 9.10. The van der Waals surface area contributed by atoms with Crippen LogP contribution in [0.3, 0.4) is 0 Å². The molecule has 3 rings (SSSR count). The van der Waals surface area contributed by atoms with Gasteiger partial charge in [-0.15, -0.1) is 0 Å². The van der Waals surface area contributed by atoms with Crippen molar-refractivity contribution in [3.63, 3.8) is 0 Å². The van der Waals surface area contributed by atoms with Crippen molar-refractivity contribution in [2.24, 2.45) is 5.92 Å². The number of nitrogens with zero attached hydrogens (tertiary/aromatic N) is 1. The molecule has 146 valence electrons. The van der Waals surface area contributed by atoms with Crippen molar-refractivity contribution in [1.82, 2.24) is 0 Å². The van der Waals surface area contributed by atoms with Crippen LogP contribution in [0.2, 0.25) is 0 Å². The van der Waals surface area contributed by atoms with Crippen LogP contribution in [0.5, 0.6) is 0 Å². The predicted octanol–water partition coefficient (Wildman–Crippen LogP) is 3.60. The lowest BCUT2D eigenvalue weighted by Gasteiger charge is -2.17. The van der Waals surface area contributed by atoms with E-state index < -0.39 is 17.8 Å². The standard InChI is InChI=1S/C21H21BrN2O4/c1-13-4-3-5-17(8-13)24-11-15(10-20(24)26)21(27)28-12-19(25)23-18-7-6-16(22)9-14(18)2/h3-9,15H,10-12H2,1-2H3,(H,23,25)/t15-/m0/s1. The second-order valence-electron chi connectivity index (χ2n) is 6.86. The van der Waals surface area contributed by atoms with Crippen LogP contribution in [0, 0.1) is 19.8 Å². The molecule has 2 aromatic carbocycles. The molecule has 0 saturated carbocycles. The van der Waals surface area contributed by atoms with Gasteiger partial charge in [-0.25, -0.2) is 0 Å². The summed E-state index contributed by atoms with van der Waals surface area (Å²) in [5.74, 6) is -1.65. The third-order valence-corrected chi connectivity index (χ3v) is 5.07. The lowest BCUT2D eigenvalue weighted by atomic mass is 10.1. The largest absolute Gasteiger partial charge is 0.455 e. The number of ether oxygens (including phenoxy) is 1. The van der Waals surface area contributed by atoms with Crippen LogP contribution >= 0.6 is 15.9 Å². The summed E-state index contributed by atoms with van der Waals surface area (Å²) in [6.45, 7) is 3.69. The fourth-order valence-electron chi connectivity index (χ4n) is 3.12. The second kappa shape index (κ2) is 8.56. The average Bonchev–Trinajstić information content (AvgIpc) is 3.04. The molecule has 1 fully saturated rings. The number of amides is 2. The highest BCUT2D eigenvalue weighted by atomic mass is 79.9. The van der Waals surface area contributed by atoms with E-state index in [2.05, 4.69) is 21.2 Å². The van der Waals surface area contributed by atoms with Crippen molar-refractivity contribution in [1.29, 1.82) is 0 Å². The fourth-order valence-corrected chi connectivity index (χ4v) is 3.59. The van der Waals surface area contributed by atoms with Crippen LogP contribution < -0.4 is 10.2 Å². The Morgan fingerprint density at radius 1 is 1.21 bits per heavy atom. The molecule has 0 spiro atoms. The molecule has 0 aromatic heterocycles. The number of anilines is 2. The van der Waals surface area contributed by atoms with E-state index in [0.717, 1.165) is 21.3 Å². The van der Waals surface area contributed by atoms with Gasteiger partial charge < -0.3 is 15.0 Å².